The average molecular weight is 478 g/mol. The van der Waals surface area contributed by atoms with Crippen molar-refractivity contribution in [1.29, 1.82) is 0 Å². The van der Waals surface area contributed by atoms with Gasteiger partial charge in [-0.25, -0.2) is 8.42 Å². The van der Waals surface area contributed by atoms with Gasteiger partial charge in [0.15, 0.2) is 0 Å². The number of aryl methyl sites for hydroxylation is 1. The normalized spacial score (nSPS) is 16.3. The van der Waals surface area contributed by atoms with Gasteiger partial charge in [0.25, 0.3) is 0 Å². The number of nitrogens with one attached hydrogen (secondary N) is 1. The van der Waals surface area contributed by atoms with Crippen LogP contribution < -0.4 is 5.32 Å². The molecule has 1 aliphatic heterocycles. The smallest absolute Gasteiger partial charge is 0.243 e. The van der Waals surface area contributed by atoms with Crippen LogP contribution in [0.3, 0.4) is 0 Å². The van der Waals surface area contributed by atoms with Gasteiger partial charge in [-0.3, -0.25) is 9.59 Å². The first-order valence-corrected chi connectivity index (χ1v) is 12.4. The van der Waals surface area contributed by atoms with Gasteiger partial charge in [0.05, 0.1) is 17.4 Å². The van der Waals surface area contributed by atoms with Gasteiger partial charge in [-0.2, -0.15) is 4.31 Å². The Morgan fingerprint density at radius 2 is 1.66 bits per heavy atom. The first-order valence-electron chi connectivity index (χ1n) is 10.5. The van der Waals surface area contributed by atoms with Crippen molar-refractivity contribution in [3.63, 3.8) is 0 Å². The molecule has 1 heterocycles. The van der Waals surface area contributed by atoms with Crippen LogP contribution in [0, 0.1) is 6.92 Å². The van der Waals surface area contributed by atoms with Crippen molar-refractivity contribution in [1.82, 2.24) is 14.5 Å². The van der Waals surface area contributed by atoms with Crippen LogP contribution in [-0.4, -0.2) is 55.6 Å². The van der Waals surface area contributed by atoms with E-state index in [0.717, 1.165) is 11.1 Å². The average Bonchev–Trinajstić information content (AvgIpc) is 3.01. The lowest BCUT2D eigenvalue weighted by Crippen LogP contribution is -2.39. The summed E-state index contributed by atoms with van der Waals surface area (Å²) in [4.78, 5) is 26.6. The van der Waals surface area contributed by atoms with Crippen molar-refractivity contribution in [2.45, 2.75) is 37.6 Å². The summed E-state index contributed by atoms with van der Waals surface area (Å²) in [6, 6.07) is 13.3. The van der Waals surface area contributed by atoms with Gasteiger partial charge in [0.1, 0.15) is 0 Å². The molecule has 1 N–H and O–H groups in total. The fourth-order valence-corrected chi connectivity index (χ4v) is 5.33. The summed E-state index contributed by atoms with van der Waals surface area (Å²) in [7, 11) is -3.61. The van der Waals surface area contributed by atoms with Crippen molar-refractivity contribution in [2.24, 2.45) is 0 Å². The van der Waals surface area contributed by atoms with E-state index in [4.69, 9.17) is 11.6 Å². The Bertz CT molecular complexity index is 1060. The molecule has 7 nitrogen and oxygen atoms in total. The Kier molecular flexibility index (Phi) is 7.92. The number of nitrogens with zero attached hydrogens (tertiary/aromatic N) is 2. The molecule has 0 radical (unpaired) electrons. The molecule has 3 rings (SSSR count). The molecule has 2 aromatic carbocycles. The number of carbonyl (C=O) groups is 2. The molecule has 0 saturated carbocycles. The summed E-state index contributed by atoms with van der Waals surface area (Å²) in [5.74, 6) is -0.364. The molecule has 1 atom stereocenters. The molecule has 32 heavy (non-hydrogen) atoms. The minimum atomic E-state index is -3.61. The maximum atomic E-state index is 13.0. The second-order valence-corrected chi connectivity index (χ2v) is 10.3. The van der Waals surface area contributed by atoms with Gasteiger partial charge in [0, 0.05) is 38.1 Å². The van der Waals surface area contributed by atoms with E-state index in [2.05, 4.69) is 5.32 Å². The Balaban J connectivity index is 1.68. The van der Waals surface area contributed by atoms with E-state index in [0.29, 0.717) is 31.1 Å². The highest BCUT2D eigenvalue weighted by Gasteiger charge is 2.29. The number of hydrogen-bond donors (Lipinski definition) is 1. The maximum Gasteiger partial charge on any atom is 0.243 e. The highest BCUT2D eigenvalue weighted by Crippen LogP contribution is 2.22. The third-order valence-electron chi connectivity index (χ3n) is 5.49. The Hall–Kier alpha value is -2.42. The zero-order chi connectivity index (χ0) is 23.3. The minimum Gasteiger partial charge on any atom is -0.349 e. The molecule has 1 aliphatic rings. The summed E-state index contributed by atoms with van der Waals surface area (Å²) in [6.07, 6.45) is 0.633. The molecular formula is C23H28ClN3O4S. The molecule has 0 bridgehead atoms. The fourth-order valence-electron chi connectivity index (χ4n) is 3.74. The first-order chi connectivity index (χ1) is 15.2. The molecule has 1 unspecified atom stereocenters. The molecule has 2 aromatic rings. The first kappa shape index (κ1) is 24.2. The SMILES string of the molecule is CC(=O)NC(CC(=O)N1CCCN(S(=O)(=O)c2ccc(C)cc2)CC1)c1ccc(Cl)cc1. The van der Waals surface area contributed by atoms with Crippen LogP contribution in [0.2, 0.25) is 5.02 Å². The number of hydrogen-bond acceptors (Lipinski definition) is 4. The lowest BCUT2D eigenvalue weighted by molar-refractivity contribution is -0.131. The molecule has 0 aliphatic carbocycles. The summed E-state index contributed by atoms with van der Waals surface area (Å²) in [5.41, 5.74) is 1.78. The second-order valence-electron chi connectivity index (χ2n) is 7.96. The Labute approximate surface area is 194 Å². The van der Waals surface area contributed by atoms with Gasteiger partial charge < -0.3 is 10.2 Å². The molecule has 9 heteroatoms. The van der Waals surface area contributed by atoms with E-state index in [9.17, 15) is 18.0 Å². The van der Waals surface area contributed by atoms with Crippen LogP contribution in [0.15, 0.2) is 53.4 Å². The van der Waals surface area contributed by atoms with Crippen LogP contribution in [0.1, 0.15) is 36.9 Å². The summed E-state index contributed by atoms with van der Waals surface area (Å²) >= 11 is 5.95. The van der Waals surface area contributed by atoms with Gasteiger partial charge in [-0.05, 0) is 43.2 Å². The number of sulfonamides is 1. The standard InChI is InChI=1S/C23H28ClN3O4S/c1-17-4-10-21(11-5-17)32(30,31)27-13-3-12-26(14-15-27)23(29)16-22(25-18(2)28)19-6-8-20(24)9-7-19/h4-11,22H,3,12-16H2,1-2H3,(H,25,28). The zero-order valence-corrected chi connectivity index (χ0v) is 19.8. The van der Waals surface area contributed by atoms with Crippen molar-refractivity contribution in [3.05, 3.63) is 64.7 Å². The lowest BCUT2D eigenvalue weighted by Gasteiger charge is -2.25. The lowest BCUT2D eigenvalue weighted by atomic mass is 10.0. The monoisotopic (exact) mass is 477 g/mol. The third kappa shape index (κ3) is 6.09. The Morgan fingerprint density at radius 3 is 2.28 bits per heavy atom. The van der Waals surface area contributed by atoms with E-state index >= 15 is 0 Å². The van der Waals surface area contributed by atoms with Crippen molar-refractivity contribution in [2.75, 3.05) is 26.2 Å². The fraction of sp³-hybridized carbons (Fsp3) is 0.391. The predicted molar refractivity (Wildman–Crippen MR) is 124 cm³/mol. The predicted octanol–water partition coefficient (Wildman–Crippen LogP) is 3.14. The molecule has 172 valence electrons. The molecule has 0 aromatic heterocycles. The number of amides is 2. The highest BCUT2D eigenvalue weighted by molar-refractivity contribution is 7.89. The van der Waals surface area contributed by atoms with E-state index < -0.39 is 16.1 Å². The molecule has 1 saturated heterocycles. The second kappa shape index (κ2) is 10.5. The highest BCUT2D eigenvalue weighted by atomic mass is 35.5. The molecule has 0 spiro atoms. The maximum absolute atomic E-state index is 13.0. The van der Waals surface area contributed by atoms with Crippen molar-refractivity contribution < 1.29 is 18.0 Å². The number of halogens is 1. The topological polar surface area (TPSA) is 86.8 Å². The van der Waals surface area contributed by atoms with Gasteiger partial charge in [-0.15, -0.1) is 0 Å². The van der Waals surface area contributed by atoms with Crippen molar-refractivity contribution in [3.8, 4) is 0 Å². The van der Waals surface area contributed by atoms with Crippen LogP contribution in [0.5, 0.6) is 0 Å². The van der Waals surface area contributed by atoms with Crippen LogP contribution in [-0.2, 0) is 19.6 Å². The summed E-state index contributed by atoms with van der Waals surface area (Å²) < 4.78 is 27.4. The van der Waals surface area contributed by atoms with Gasteiger partial charge >= 0.3 is 0 Å². The van der Waals surface area contributed by atoms with Crippen molar-refractivity contribution >= 4 is 33.4 Å². The largest absolute Gasteiger partial charge is 0.349 e. The summed E-state index contributed by atoms with van der Waals surface area (Å²) in [5, 5.41) is 3.40. The Morgan fingerprint density at radius 1 is 1.00 bits per heavy atom. The summed E-state index contributed by atoms with van der Waals surface area (Å²) in [6.45, 7) is 4.67. The number of benzene rings is 2. The van der Waals surface area contributed by atoms with Crippen LogP contribution >= 0.6 is 11.6 Å². The van der Waals surface area contributed by atoms with E-state index in [1.54, 1.807) is 53.4 Å². The van der Waals surface area contributed by atoms with Gasteiger partial charge in [-0.1, -0.05) is 41.4 Å². The minimum absolute atomic E-state index is 0.0892. The quantitative estimate of drug-likeness (QED) is 0.692. The molecule has 1 fully saturated rings. The molecule has 2 amide bonds. The number of rotatable bonds is 6. The third-order valence-corrected chi connectivity index (χ3v) is 7.66. The zero-order valence-electron chi connectivity index (χ0n) is 18.3. The van der Waals surface area contributed by atoms with E-state index in [1.165, 1.54) is 11.2 Å². The van der Waals surface area contributed by atoms with E-state index in [-0.39, 0.29) is 29.7 Å². The molecular weight excluding hydrogens is 450 g/mol. The number of carbonyl (C=O) groups excluding carboxylic acids is 2. The van der Waals surface area contributed by atoms with Gasteiger partial charge in [0.2, 0.25) is 21.8 Å². The van der Waals surface area contributed by atoms with Crippen LogP contribution in [0.4, 0.5) is 0 Å². The van der Waals surface area contributed by atoms with Crippen LogP contribution in [0.25, 0.3) is 0 Å². The van der Waals surface area contributed by atoms with E-state index in [1.807, 2.05) is 6.92 Å².